The van der Waals surface area contributed by atoms with Gasteiger partial charge in [0.25, 0.3) is 0 Å². The first-order valence-corrected chi connectivity index (χ1v) is 7.89. The van der Waals surface area contributed by atoms with Gasteiger partial charge in [0.05, 0.1) is 25.7 Å². The van der Waals surface area contributed by atoms with Crippen LogP contribution in [-0.4, -0.2) is 31.1 Å². The summed E-state index contributed by atoms with van der Waals surface area (Å²) in [4.78, 5) is 11.5. The van der Waals surface area contributed by atoms with Crippen LogP contribution in [0.15, 0.2) is 24.3 Å². The molecule has 2 aliphatic rings. The van der Waals surface area contributed by atoms with Crippen LogP contribution in [0, 0.1) is 0 Å². The first-order chi connectivity index (χ1) is 10.2. The van der Waals surface area contributed by atoms with Gasteiger partial charge in [0.2, 0.25) is 0 Å². The summed E-state index contributed by atoms with van der Waals surface area (Å²) in [6.07, 6.45) is 14.2. The molecule has 2 fully saturated rings. The van der Waals surface area contributed by atoms with Crippen molar-refractivity contribution >= 4 is 5.97 Å². The third kappa shape index (κ3) is 4.68. The lowest BCUT2D eigenvalue weighted by atomic mass is 9.91. The van der Waals surface area contributed by atoms with E-state index in [0.29, 0.717) is 12.8 Å². The summed E-state index contributed by atoms with van der Waals surface area (Å²) < 4.78 is 17.1. The Hall–Kier alpha value is -1.13. The molecule has 1 saturated carbocycles. The maximum atomic E-state index is 11.5. The first kappa shape index (κ1) is 16.2. The number of allylic oxidation sites excluding steroid dienone is 3. The highest BCUT2D eigenvalue weighted by Crippen LogP contribution is 2.40. The van der Waals surface area contributed by atoms with E-state index in [0.717, 1.165) is 25.7 Å². The SMILES string of the molecule is CC=CC=CC1CC(CC(=O)OC)OC2(CCCCC2)O1. The highest BCUT2D eigenvalue weighted by atomic mass is 16.7. The minimum Gasteiger partial charge on any atom is -0.469 e. The fraction of sp³-hybridized carbons (Fsp3) is 0.706. The van der Waals surface area contributed by atoms with Gasteiger partial charge in [-0.15, -0.1) is 0 Å². The summed E-state index contributed by atoms with van der Waals surface area (Å²) in [7, 11) is 1.42. The Morgan fingerprint density at radius 3 is 2.67 bits per heavy atom. The van der Waals surface area contributed by atoms with Crippen LogP contribution in [0.3, 0.4) is 0 Å². The van der Waals surface area contributed by atoms with Crippen molar-refractivity contribution in [2.24, 2.45) is 0 Å². The van der Waals surface area contributed by atoms with Gasteiger partial charge in [0.15, 0.2) is 5.79 Å². The van der Waals surface area contributed by atoms with E-state index in [9.17, 15) is 4.79 Å². The smallest absolute Gasteiger partial charge is 0.308 e. The molecule has 4 heteroatoms. The minimum atomic E-state index is -0.500. The zero-order valence-electron chi connectivity index (χ0n) is 13.0. The van der Waals surface area contributed by atoms with Crippen molar-refractivity contribution in [3.05, 3.63) is 24.3 Å². The standard InChI is InChI=1S/C17H26O4/c1-3-4-6-9-14-12-15(13-16(18)19-2)21-17(20-14)10-7-5-8-11-17/h3-4,6,9,14-15H,5,7-8,10-13H2,1-2H3. The topological polar surface area (TPSA) is 44.8 Å². The zero-order chi connectivity index (χ0) is 15.1. The van der Waals surface area contributed by atoms with Gasteiger partial charge in [-0.25, -0.2) is 0 Å². The predicted octanol–water partition coefficient (Wildman–Crippen LogP) is 3.52. The third-order valence-corrected chi connectivity index (χ3v) is 4.11. The molecule has 2 atom stereocenters. The Morgan fingerprint density at radius 2 is 2.00 bits per heavy atom. The molecule has 2 rings (SSSR count). The summed E-state index contributed by atoms with van der Waals surface area (Å²) >= 11 is 0. The lowest BCUT2D eigenvalue weighted by Gasteiger charge is -2.46. The average Bonchev–Trinajstić information content (AvgIpc) is 2.47. The number of hydrogen-bond acceptors (Lipinski definition) is 4. The second kappa shape index (κ2) is 7.76. The van der Waals surface area contributed by atoms with Crippen molar-refractivity contribution in [3.8, 4) is 0 Å². The zero-order valence-corrected chi connectivity index (χ0v) is 13.0. The van der Waals surface area contributed by atoms with Crippen LogP contribution in [-0.2, 0) is 19.0 Å². The lowest BCUT2D eigenvalue weighted by molar-refractivity contribution is -0.320. The van der Waals surface area contributed by atoms with Crippen LogP contribution < -0.4 is 0 Å². The second-order valence-corrected chi connectivity index (χ2v) is 5.79. The molecule has 1 aliphatic carbocycles. The van der Waals surface area contributed by atoms with Crippen LogP contribution in [0.25, 0.3) is 0 Å². The summed E-state index contributed by atoms with van der Waals surface area (Å²) in [5, 5.41) is 0. The number of esters is 1. The Morgan fingerprint density at radius 1 is 1.24 bits per heavy atom. The van der Waals surface area contributed by atoms with Crippen LogP contribution in [0.2, 0.25) is 0 Å². The number of hydrogen-bond donors (Lipinski definition) is 0. The van der Waals surface area contributed by atoms with E-state index in [-0.39, 0.29) is 18.2 Å². The molecule has 0 N–H and O–H groups in total. The van der Waals surface area contributed by atoms with Gasteiger partial charge >= 0.3 is 5.97 Å². The van der Waals surface area contributed by atoms with Crippen LogP contribution in [0.5, 0.6) is 0 Å². The molecular formula is C17H26O4. The van der Waals surface area contributed by atoms with E-state index in [1.54, 1.807) is 0 Å². The average molecular weight is 294 g/mol. The van der Waals surface area contributed by atoms with E-state index >= 15 is 0 Å². The number of carbonyl (C=O) groups excluding carboxylic acids is 1. The third-order valence-electron chi connectivity index (χ3n) is 4.11. The summed E-state index contributed by atoms with van der Waals surface area (Å²) in [6, 6.07) is 0. The maximum Gasteiger partial charge on any atom is 0.308 e. The lowest BCUT2D eigenvalue weighted by Crippen LogP contribution is -2.49. The molecule has 0 aromatic carbocycles. The molecule has 21 heavy (non-hydrogen) atoms. The minimum absolute atomic E-state index is 0.00251. The number of ether oxygens (including phenoxy) is 3. The van der Waals surface area contributed by atoms with Crippen molar-refractivity contribution in [1.29, 1.82) is 0 Å². The Balaban J connectivity index is 2.06. The van der Waals surface area contributed by atoms with Crippen molar-refractivity contribution in [2.45, 2.75) is 69.9 Å². The molecule has 1 spiro atoms. The van der Waals surface area contributed by atoms with Crippen molar-refractivity contribution in [3.63, 3.8) is 0 Å². The summed E-state index contributed by atoms with van der Waals surface area (Å²) in [5.74, 6) is -0.718. The normalized spacial score (nSPS) is 29.2. The van der Waals surface area contributed by atoms with Gasteiger partial charge in [-0.3, -0.25) is 4.79 Å². The van der Waals surface area contributed by atoms with E-state index < -0.39 is 5.79 Å². The van der Waals surface area contributed by atoms with Crippen molar-refractivity contribution in [1.82, 2.24) is 0 Å². The molecule has 0 amide bonds. The van der Waals surface area contributed by atoms with Gasteiger partial charge in [-0.05, 0) is 19.8 Å². The summed E-state index contributed by atoms with van der Waals surface area (Å²) in [5.41, 5.74) is 0. The van der Waals surface area contributed by atoms with Gasteiger partial charge in [-0.1, -0.05) is 30.7 Å². The fourth-order valence-corrected chi connectivity index (χ4v) is 3.10. The van der Waals surface area contributed by atoms with E-state index in [1.807, 2.05) is 25.2 Å². The number of methoxy groups -OCH3 is 1. The Labute approximate surface area is 127 Å². The maximum absolute atomic E-state index is 11.5. The fourth-order valence-electron chi connectivity index (χ4n) is 3.10. The van der Waals surface area contributed by atoms with E-state index in [2.05, 4.69) is 6.08 Å². The Kier molecular flexibility index (Phi) is 6.00. The van der Waals surface area contributed by atoms with Crippen molar-refractivity contribution < 1.29 is 19.0 Å². The van der Waals surface area contributed by atoms with Crippen molar-refractivity contribution in [2.75, 3.05) is 7.11 Å². The number of rotatable bonds is 4. The van der Waals surface area contributed by atoms with Gasteiger partial charge in [0.1, 0.15) is 0 Å². The molecule has 2 unspecified atom stereocenters. The predicted molar refractivity (Wildman–Crippen MR) is 80.8 cm³/mol. The van der Waals surface area contributed by atoms with Gasteiger partial charge < -0.3 is 14.2 Å². The molecule has 118 valence electrons. The van der Waals surface area contributed by atoms with Gasteiger partial charge in [-0.2, -0.15) is 0 Å². The Bertz CT molecular complexity index is 394. The molecule has 1 heterocycles. The molecule has 0 bridgehead atoms. The molecule has 1 aliphatic heterocycles. The monoisotopic (exact) mass is 294 g/mol. The van der Waals surface area contributed by atoms with Crippen LogP contribution in [0.1, 0.15) is 51.9 Å². The largest absolute Gasteiger partial charge is 0.469 e. The van der Waals surface area contributed by atoms with Crippen LogP contribution >= 0.6 is 0 Å². The molecule has 1 saturated heterocycles. The summed E-state index contributed by atoms with van der Waals surface area (Å²) in [6.45, 7) is 1.98. The first-order valence-electron chi connectivity index (χ1n) is 7.89. The second-order valence-electron chi connectivity index (χ2n) is 5.79. The molecule has 0 aromatic heterocycles. The molecular weight excluding hydrogens is 268 g/mol. The van der Waals surface area contributed by atoms with E-state index in [4.69, 9.17) is 14.2 Å². The van der Waals surface area contributed by atoms with Crippen LogP contribution in [0.4, 0.5) is 0 Å². The van der Waals surface area contributed by atoms with Gasteiger partial charge in [0, 0.05) is 19.3 Å². The molecule has 4 nitrogen and oxygen atoms in total. The molecule has 0 aromatic rings. The quantitative estimate of drug-likeness (QED) is 0.588. The van der Waals surface area contributed by atoms with E-state index in [1.165, 1.54) is 13.5 Å². The number of carbonyl (C=O) groups is 1. The molecule has 0 radical (unpaired) electrons. The highest BCUT2D eigenvalue weighted by molar-refractivity contribution is 5.69. The highest BCUT2D eigenvalue weighted by Gasteiger charge is 2.43.